The minimum absolute atomic E-state index is 1.23. The highest BCUT2D eigenvalue weighted by atomic mass is 32.1. The molecule has 8 rings (SSSR count). The number of rotatable bonds is 4. The Hall–Kier alpha value is -4.50. The van der Waals surface area contributed by atoms with Gasteiger partial charge in [-0.3, -0.25) is 0 Å². The maximum Gasteiger partial charge on any atom is 0.0355 e. The van der Waals surface area contributed by atoms with E-state index in [-0.39, 0.29) is 0 Å². The third-order valence-electron chi connectivity index (χ3n) is 8.26. The monoisotopic (exact) mass is 572 g/mol. The molecule has 0 aliphatic heterocycles. The van der Waals surface area contributed by atoms with E-state index in [9.17, 15) is 0 Å². The van der Waals surface area contributed by atoms with E-state index in [1.165, 1.54) is 84.9 Å². The van der Waals surface area contributed by atoms with Crippen molar-refractivity contribution in [1.29, 1.82) is 0 Å². The van der Waals surface area contributed by atoms with E-state index in [4.69, 9.17) is 0 Å². The van der Waals surface area contributed by atoms with Crippen LogP contribution in [0.5, 0.6) is 0 Å². The first-order chi connectivity index (χ1) is 20.6. The van der Waals surface area contributed by atoms with Crippen LogP contribution in [-0.2, 0) is 0 Å². The minimum Gasteiger partial charge on any atom is -0.135 e. The molecular formula is C40H28S2. The number of benzene rings is 6. The number of fused-ring (bicyclic) bond motifs is 6. The van der Waals surface area contributed by atoms with Crippen LogP contribution in [0.1, 0.15) is 33.4 Å². The van der Waals surface area contributed by atoms with Crippen LogP contribution in [0.3, 0.4) is 0 Å². The van der Waals surface area contributed by atoms with Crippen molar-refractivity contribution in [1.82, 2.24) is 0 Å². The Morgan fingerprint density at radius 1 is 0.357 bits per heavy atom. The normalized spacial score (nSPS) is 12.4. The lowest BCUT2D eigenvalue weighted by Gasteiger charge is -2.19. The Balaban J connectivity index is 1.49. The number of thiophene rings is 2. The summed E-state index contributed by atoms with van der Waals surface area (Å²) in [5.74, 6) is 0. The van der Waals surface area contributed by atoms with Crippen molar-refractivity contribution in [3.05, 3.63) is 167 Å². The van der Waals surface area contributed by atoms with Crippen LogP contribution in [0.15, 0.2) is 133 Å². The third kappa shape index (κ3) is 4.27. The van der Waals surface area contributed by atoms with E-state index in [1.807, 2.05) is 22.7 Å². The predicted octanol–water partition coefficient (Wildman–Crippen LogP) is 12.0. The molecule has 8 aromatic rings. The zero-order valence-corrected chi connectivity index (χ0v) is 25.2. The quantitative estimate of drug-likeness (QED) is 0.184. The fourth-order valence-corrected chi connectivity index (χ4v) is 8.29. The summed E-state index contributed by atoms with van der Waals surface area (Å²) in [6, 6.07) is 49.7. The summed E-state index contributed by atoms with van der Waals surface area (Å²) in [4.78, 5) is 0. The number of aryl methyl sites for hydroxylation is 2. The summed E-state index contributed by atoms with van der Waals surface area (Å²) in [5, 5.41) is 5.29. The van der Waals surface area contributed by atoms with Crippen LogP contribution in [0, 0.1) is 13.8 Å². The van der Waals surface area contributed by atoms with Crippen molar-refractivity contribution < 1.29 is 0 Å². The first-order valence-corrected chi connectivity index (χ1v) is 16.0. The predicted molar refractivity (Wildman–Crippen MR) is 186 cm³/mol. The highest BCUT2D eigenvalue weighted by Crippen LogP contribution is 2.43. The first kappa shape index (κ1) is 25.2. The van der Waals surface area contributed by atoms with E-state index in [1.54, 1.807) is 0 Å². The van der Waals surface area contributed by atoms with E-state index < -0.39 is 0 Å². The third-order valence-corrected chi connectivity index (χ3v) is 10.6. The summed E-state index contributed by atoms with van der Waals surface area (Å²) < 4.78 is 5.32. The molecule has 0 aliphatic rings. The molecule has 0 radical (unpaired) electrons. The average Bonchev–Trinajstić information content (AvgIpc) is 3.59. The van der Waals surface area contributed by atoms with Gasteiger partial charge in [0.1, 0.15) is 0 Å². The van der Waals surface area contributed by atoms with Gasteiger partial charge in [-0.1, -0.05) is 108 Å². The Morgan fingerprint density at radius 2 is 0.714 bits per heavy atom. The van der Waals surface area contributed by atoms with E-state index in [2.05, 4.69) is 147 Å². The highest BCUT2D eigenvalue weighted by molar-refractivity contribution is 7.26. The molecule has 0 spiro atoms. The number of hydrogen-bond acceptors (Lipinski definition) is 2. The topological polar surface area (TPSA) is 0 Å². The Labute approximate surface area is 253 Å². The maximum absolute atomic E-state index is 2.41. The molecule has 0 aliphatic carbocycles. The fraction of sp³-hybridized carbons (Fsp3) is 0.0500. The molecule has 2 heteroatoms. The molecule has 2 aromatic heterocycles. The van der Waals surface area contributed by atoms with Gasteiger partial charge in [0.15, 0.2) is 0 Å². The van der Waals surface area contributed by atoms with Crippen molar-refractivity contribution in [2.75, 3.05) is 0 Å². The summed E-state index contributed by atoms with van der Waals surface area (Å²) in [5.41, 5.74) is 9.97. The van der Waals surface area contributed by atoms with Gasteiger partial charge >= 0.3 is 0 Å². The van der Waals surface area contributed by atoms with Crippen molar-refractivity contribution >= 4 is 74.2 Å². The van der Waals surface area contributed by atoms with Gasteiger partial charge in [-0.25, -0.2) is 0 Å². The second-order valence-corrected chi connectivity index (χ2v) is 13.3. The van der Waals surface area contributed by atoms with Crippen LogP contribution in [-0.4, -0.2) is 0 Å². The van der Waals surface area contributed by atoms with Gasteiger partial charge in [-0.15, -0.1) is 22.7 Å². The van der Waals surface area contributed by atoms with Gasteiger partial charge in [-0.2, -0.15) is 0 Å². The molecule has 0 saturated heterocycles. The van der Waals surface area contributed by atoms with Crippen molar-refractivity contribution in [2.24, 2.45) is 0 Å². The summed E-state index contributed by atoms with van der Waals surface area (Å²) >= 11 is 3.74. The van der Waals surface area contributed by atoms with Crippen molar-refractivity contribution in [3.63, 3.8) is 0 Å². The second-order valence-electron chi connectivity index (χ2n) is 11.1. The maximum atomic E-state index is 2.41. The van der Waals surface area contributed by atoms with Crippen LogP contribution in [0.2, 0.25) is 0 Å². The van der Waals surface area contributed by atoms with Crippen LogP contribution in [0.25, 0.3) is 51.5 Å². The molecule has 0 amide bonds. The molecule has 42 heavy (non-hydrogen) atoms. The zero-order valence-electron chi connectivity index (χ0n) is 23.5. The summed E-state index contributed by atoms with van der Waals surface area (Å²) in [6.45, 7) is 4.32. The highest BCUT2D eigenvalue weighted by Gasteiger charge is 2.19. The standard InChI is InChI=1S/C40H28S2/c1-25-11-15-27(16-12-25)39(29-19-21-37-33(23-29)31-7-3-5-9-35(31)41-37)40(28-17-13-26(2)14-18-28)30-20-22-38-34(24-30)32-8-4-6-10-36(32)42-38/h3-24H,1-2H3/b40-39+. The molecule has 0 saturated carbocycles. The SMILES string of the molecule is Cc1ccc(/C(=C(/c2ccc(C)cc2)c2ccc3sc4ccccc4c3c2)c2ccc3sc4ccccc4c3c2)cc1. The van der Waals surface area contributed by atoms with Gasteiger partial charge in [0, 0.05) is 40.3 Å². The molecule has 0 bridgehead atoms. The van der Waals surface area contributed by atoms with Crippen LogP contribution < -0.4 is 0 Å². The number of hydrogen-bond donors (Lipinski definition) is 0. The zero-order chi connectivity index (χ0) is 28.2. The van der Waals surface area contributed by atoms with E-state index >= 15 is 0 Å². The van der Waals surface area contributed by atoms with Gasteiger partial charge in [0.2, 0.25) is 0 Å². The molecule has 0 fully saturated rings. The Kier molecular flexibility index (Phi) is 6.06. The van der Waals surface area contributed by atoms with Gasteiger partial charge < -0.3 is 0 Å². The summed E-state index contributed by atoms with van der Waals surface area (Å²) in [6.07, 6.45) is 0. The summed E-state index contributed by atoms with van der Waals surface area (Å²) in [7, 11) is 0. The largest absolute Gasteiger partial charge is 0.135 e. The molecule has 0 unspecified atom stereocenters. The van der Waals surface area contributed by atoms with Gasteiger partial charge in [-0.05, 0) is 83.6 Å². The van der Waals surface area contributed by atoms with Crippen LogP contribution in [0.4, 0.5) is 0 Å². The van der Waals surface area contributed by atoms with Gasteiger partial charge in [0.05, 0.1) is 0 Å². The molecule has 200 valence electrons. The molecule has 0 nitrogen and oxygen atoms in total. The first-order valence-electron chi connectivity index (χ1n) is 14.3. The molecule has 2 heterocycles. The minimum atomic E-state index is 1.23. The lowest BCUT2D eigenvalue weighted by atomic mass is 9.84. The van der Waals surface area contributed by atoms with Crippen molar-refractivity contribution in [3.8, 4) is 0 Å². The molecule has 0 atom stereocenters. The molecular weight excluding hydrogens is 545 g/mol. The van der Waals surface area contributed by atoms with E-state index in [0.29, 0.717) is 0 Å². The molecule has 0 N–H and O–H groups in total. The Morgan fingerprint density at radius 3 is 1.14 bits per heavy atom. The van der Waals surface area contributed by atoms with Crippen molar-refractivity contribution in [2.45, 2.75) is 13.8 Å². The smallest absolute Gasteiger partial charge is 0.0355 e. The lowest BCUT2D eigenvalue weighted by molar-refractivity contribution is 1.43. The lowest BCUT2D eigenvalue weighted by Crippen LogP contribution is -1.98. The van der Waals surface area contributed by atoms with Gasteiger partial charge in [0.25, 0.3) is 0 Å². The average molecular weight is 573 g/mol. The Bertz CT molecular complexity index is 2130. The van der Waals surface area contributed by atoms with E-state index in [0.717, 1.165) is 0 Å². The molecule has 6 aromatic carbocycles. The second kappa shape index (κ2) is 10.1. The van der Waals surface area contributed by atoms with Crippen LogP contribution >= 0.6 is 22.7 Å². The fourth-order valence-electron chi connectivity index (χ4n) is 6.11.